The maximum absolute atomic E-state index is 11.3. The Morgan fingerprint density at radius 2 is 1.06 bits per heavy atom. The minimum atomic E-state index is -2.42. The fraction of sp³-hybridized carbons (Fsp3) is 0.525. The Morgan fingerprint density at radius 3 is 1.54 bits per heavy atom. The summed E-state index contributed by atoms with van der Waals surface area (Å²) in [6, 6.07) is 16.0. The Labute approximate surface area is 305 Å². The predicted molar refractivity (Wildman–Crippen MR) is 215 cm³/mol. The van der Waals surface area contributed by atoms with Crippen molar-refractivity contribution in [3.05, 3.63) is 48.5 Å². The fourth-order valence-corrected chi connectivity index (χ4v) is 7.60. The molecule has 0 bridgehead atoms. The summed E-state index contributed by atoms with van der Waals surface area (Å²) in [6.45, 7) is 33.2. The molecule has 0 aliphatic carbocycles. The smallest absolute Gasteiger partial charge is 0.250 e. The van der Waals surface area contributed by atoms with Gasteiger partial charge >= 0.3 is 0 Å². The minimum absolute atomic E-state index is 0.0601. The second-order valence-corrected chi connectivity index (χ2v) is 31.8. The van der Waals surface area contributed by atoms with Crippen LogP contribution in [0.5, 0.6) is 34.5 Å². The number of benzene rings is 3. The van der Waals surface area contributed by atoms with E-state index >= 15 is 0 Å². The molecule has 0 amide bonds. The van der Waals surface area contributed by atoms with E-state index in [1.807, 2.05) is 36.4 Å². The minimum Gasteiger partial charge on any atom is -0.544 e. The highest BCUT2D eigenvalue weighted by atomic mass is 28.4. The van der Waals surface area contributed by atoms with Crippen LogP contribution in [-0.4, -0.2) is 52.1 Å². The Bertz CT molecular complexity index is 1640. The number of carbonyl (C=O) groups is 1. The molecule has 0 aliphatic heterocycles. The lowest BCUT2D eigenvalue weighted by Crippen LogP contribution is -2.44. The number of hydrogen-bond donors (Lipinski definition) is 0. The summed E-state index contributed by atoms with van der Waals surface area (Å²) in [4.78, 5) is 11.3. The molecule has 0 heterocycles. The summed E-state index contributed by atoms with van der Waals surface area (Å²) in [7, 11) is -3.36. The van der Waals surface area contributed by atoms with Gasteiger partial charge in [-0.25, -0.2) is 0 Å². The van der Waals surface area contributed by atoms with E-state index in [-0.39, 0.29) is 21.7 Å². The fourth-order valence-electron chi connectivity index (χ4n) is 4.54. The van der Waals surface area contributed by atoms with E-state index in [9.17, 15) is 4.79 Å². The molecule has 10 heteroatoms. The predicted octanol–water partition coefficient (Wildman–Crippen LogP) is 11.8. The average molecular weight is 739 g/mol. The van der Waals surface area contributed by atoms with E-state index in [4.69, 9.17) is 27.5 Å². The molecule has 0 radical (unpaired) electrons. The van der Waals surface area contributed by atoms with Crippen LogP contribution >= 0.6 is 0 Å². The van der Waals surface area contributed by atoms with E-state index in [1.54, 1.807) is 14.2 Å². The topological polar surface area (TPSA) is 72.5 Å². The molecular weight excluding hydrogens is 677 g/mol. The van der Waals surface area contributed by atoms with Crippen molar-refractivity contribution in [1.82, 2.24) is 0 Å². The second kappa shape index (κ2) is 14.8. The summed E-state index contributed by atoms with van der Waals surface area (Å²) >= 11 is 0. The lowest BCUT2D eigenvalue weighted by Gasteiger charge is -2.38. The Kier molecular flexibility index (Phi) is 12.2. The first-order chi connectivity index (χ1) is 22.8. The molecule has 3 aromatic carbocycles. The molecule has 0 aliphatic rings. The van der Waals surface area contributed by atoms with Gasteiger partial charge in [-0.1, -0.05) is 80.5 Å². The van der Waals surface area contributed by atoms with Crippen LogP contribution < -0.4 is 27.5 Å². The molecule has 3 aromatic rings. The molecule has 0 N–H and O–H groups in total. The molecule has 3 rings (SSSR count). The van der Waals surface area contributed by atoms with E-state index in [0.29, 0.717) is 28.7 Å². The highest BCUT2D eigenvalue weighted by Gasteiger charge is 2.42. The first-order valence-corrected chi connectivity index (χ1v) is 26.2. The molecule has 50 heavy (non-hydrogen) atoms. The van der Waals surface area contributed by atoms with Gasteiger partial charge in [0.1, 0.15) is 23.9 Å². The van der Waals surface area contributed by atoms with Gasteiger partial charge < -0.3 is 27.5 Å². The van der Waals surface area contributed by atoms with Crippen molar-refractivity contribution in [3.8, 4) is 56.8 Å². The van der Waals surface area contributed by atoms with Crippen LogP contribution in [0.3, 0.4) is 0 Å². The molecule has 0 unspecified atom stereocenters. The van der Waals surface area contributed by atoms with E-state index in [2.05, 4.69) is 114 Å². The van der Waals surface area contributed by atoms with Crippen molar-refractivity contribution in [2.75, 3.05) is 20.8 Å². The molecule has 0 aromatic heterocycles. The lowest BCUT2D eigenvalue weighted by molar-refractivity contribution is -0.109. The summed E-state index contributed by atoms with van der Waals surface area (Å²) in [5.74, 6) is 3.83. The molecule has 7 nitrogen and oxygen atoms in total. The molecule has 0 saturated carbocycles. The largest absolute Gasteiger partial charge is 0.544 e. The maximum Gasteiger partial charge on any atom is 0.250 e. The molecule has 0 spiro atoms. The summed E-state index contributed by atoms with van der Waals surface area (Å²) < 4.78 is 38.9. The van der Waals surface area contributed by atoms with Crippen molar-refractivity contribution >= 4 is 31.2 Å². The van der Waals surface area contributed by atoms with Gasteiger partial charge in [0.15, 0.2) is 23.5 Å². The van der Waals surface area contributed by atoms with Crippen LogP contribution in [0.1, 0.15) is 62.3 Å². The summed E-state index contributed by atoms with van der Waals surface area (Å²) in [5, 5.41) is -0.0672. The van der Waals surface area contributed by atoms with Gasteiger partial charge in [0.2, 0.25) is 8.32 Å². The summed E-state index contributed by atoms with van der Waals surface area (Å²) in [5.41, 5.74) is 3.39. The number of methoxy groups -OCH3 is 2. The third-order valence-electron chi connectivity index (χ3n) is 10.8. The van der Waals surface area contributed by atoms with Crippen molar-refractivity contribution < 1.29 is 32.3 Å². The number of rotatable bonds is 13. The SMILES string of the molecule is COc1cc(-c2ccc(O[Si](C)(C)C(C)(C)C)cc2)c(OC)c(O[Si](C)(C)C(C)(C)C)c1-c1ccc(OCC=O)c(O[Si](C)(C)C(C)(C)C)c1. The molecular formula is C40H62O7Si3. The second-order valence-electron chi connectivity index (χ2n) is 17.6. The number of carbonyl (C=O) groups excluding carboxylic acids is 1. The summed E-state index contributed by atoms with van der Waals surface area (Å²) in [6.07, 6.45) is 0.744. The highest BCUT2D eigenvalue weighted by Crippen LogP contribution is 2.54. The van der Waals surface area contributed by atoms with E-state index in [1.165, 1.54) is 0 Å². The zero-order valence-corrected chi connectivity index (χ0v) is 36.8. The van der Waals surface area contributed by atoms with Crippen LogP contribution in [0.15, 0.2) is 48.5 Å². The average Bonchev–Trinajstić information content (AvgIpc) is 2.98. The van der Waals surface area contributed by atoms with Gasteiger partial charge in [-0.3, -0.25) is 4.79 Å². The Morgan fingerprint density at radius 1 is 0.560 bits per heavy atom. The number of hydrogen-bond acceptors (Lipinski definition) is 7. The first kappa shape index (κ1) is 41.2. The third-order valence-corrected chi connectivity index (χ3v) is 23.9. The zero-order chi connectivity index (χ0) is 38.1. The van der Waals surface area contributed by atoms with Gasteiger partial charge in [0.05, 0.1) is 19.8 Å². The first-order valence-electron chi connectivity index (χ1n) is 17.5. The van der Waals surface area contributed by atoms with Crippen molar-refractivity contribution in [2.45, 2.75) is 117 Å². The monoisotopic (exact) mass is 738 g/mol. The quantitative estimate of drug-likeness (QED) is 0.128. The highest BCUT2D eigenvalue weighted by molar-refractivity contribution is 6.75. The lowest BCUT2D eigenvalue weighted by atomic mass is 9.96. The van der Waals surface area contributed by atoms with Crippen molar-refractivity contribution in [3.63, 3.8) is 0 Å². The molecule has 0 saturated heterocycles. The standard InChI is InChI=1S/C40H62O7Si3/c1-38(2,3)48(12,13)45-30-21-18-28(19-22-30)31-27-34(42-10)35(37(36(31)43-11)47-50(16,17)40(7,8)9)29-20-23-32(44-25-24-41)33(26-29)46-49(14,15)39(4,5)6/h18-24,26-27H,25H2,1-17H3. The third kappa shape index (κ3) is 8.98. The number of ether oxygens (including phenoxy) is 3. The maximum atomic E-state index is 11.3. The van der Waals surface area contributed by atoms with Crippen LogP contribution in [-0.2, 0) is 4.79 Å². The van der Waals surface area contributed by atoms with Gasteiger partial charge in [-0.05, 0) is 95.9 Å². The van der Waals surface area contributed by atoms with Gasteiger partial charge in [-0.15, -0.1) is 0 Å². The van der Waals surface area contributed by atoms with Gasteiger partial charge in [0, 0.05) is 5.56 Å². The normalized spacial score (nSPS) is 13.1. The molecule has 0 atom stereocenters. The Hall–Kier alpha value is -3.22. The van der Waals surface area contributed by atoms with E-state index in [0.717, 1.165) is 34.3 Å². The van der Waals surface area contributed by atoms with Crippen LogP contribution in [0.2, 0.25) is 54.4 Å². The van der Waals surface area contributed by atoms with Gasteiger partial charge in [-0.2, -0.15) is 0 Å². The van der Waals surface area contributed by atoms with Crippen LogP contribution in [0, 0.1) is 0 Å². The van der Waals surface area contributed by atoms with Crippen LogP contribution in [0.25, 0.3) is 22.3 Å². The Balaban J connectivity index is 2.35. The van der Waals surface area contributed by atoms with Crippen molar-refractivity contribution in [2.24, 2.45) is 0 Å². The molecule has 0 fully saturated rings. The van der Waals surface area contributed by atoms with Crippen LogP contribution in [0.4, 0.5) is 0 Å². The molecule has 276 valence electrons. The van der Waals surface area contributed by atoms with Crippen molar-refractivity contribution in [1.29, 1.82) is 0 Å². The number of aldehydes is 1. The van der Waals surface area contributed by atoms with E-state index < -0.39 is 25.0 Å². The zero-order valence-electron chi connectivity index (χ0n) is 33.8. The van der Waals surface area contributed by atoms with Gasteiger partial charge in [0.25, 0.3) is 16.6 Å².